The molecule has 0 fully saturated rings. The molecule has 0 saturated heterocycles. The van der Waals surface area contributed by atoms with Crippen LogP contribution in [0.2, 0.25) is 0 Å². The van der Waals surface area contributed by atoms with Crippen molar-refractivity contribution in [2.45, 2.75) is 0 Å². The fourth-order valence-corrected chi connectivity index (χ4v) is 0.160. The fraction of sp³-hybridized carbons (Fsp3) is 0. The summed E-state index contributed by atoms with van der Waals surface area (Å²) in [5.74, 6) is 0. The van der Waals surface area contributed by atoms with E-state index in [4.69, 9.17) is 15.0 Å². The Morgan fingerprint density at radius 3 is 2.00 bits per heavy atom. The van der Waals surface area contributed by atoms with Crippen LogP contribution >= 0.6 is 7.82 Å². The molecule has 0 rings (SSSR count). The molecule has 42 valence electrons. The zero-order chi connectivity index (χ0) is 5.91. The predicted molar refractivity (Wildman–Crippen MR) is 25.9 cm³/mol. The van der Waals surface area contributed by atoms with E-state index in [1.807, 2.05) is 0 Å². The maximum atomic E-state index is 9.48. The van der Waals surface area contributed by atoms with Gasteiger partial charge in [0.05, 0.1) is 0 Å². The summed E-state index contributed by atoms with van der Waals surface area (Å²) >= 11 is 0. The van der Waals surface area contributed by atoms with E-state index in [0.29, 0.717) is 0 Å². The molecule has 2 N–H and O–H groups in total. The van der Waals surface area contributed by atoms with Crippen molar-refractivity contribution in [3.05, 3.63) is 0 Å². The Kier molecular flexibility index (Phi) is 5.42. The number of hydrogen-bond donors (Lipinski definition) is 2. The van der Waals surface area contributed by atoms with E-state index in [-0.39, 0.29) is 18.9 Å². The Hall–Kier alpha value is 0.0374. The van der Waals surface area contributed by atoms with Crippen LogP contribution in [0.1, 0.15) is 0 Å². The van der Waals surface area contributed by atoms with Crippen LogP contribution in [0.4, 0.5) is 0 Å². The van der Waals surface area contributed by atoms with Crippen LogP contribution in [-0.2, 0) is 9.09 Å². The number of rotatable bonds is 1. The monoisotopic (exact) mass is 131 g/mol. The summed E-state index contributed by atoms with van der Waals surface area (Å²) in [6.45, 7) is 0. The molecule has 0 aromatic rings. The SMILES string of the molecule is N#COP(=O)(O)O.[LiH]. The second-order valence-electron chi connectivity index (χ2n) is 0.673. The molecule has 7 heteroatoms. The first kappa shape index (κ1) is 10.9. The molecule has 0 atom stereocenters. The molecule has 0 unspecified atom stereocenters. The van der Waals surface area contributed by atoms with Gasteiger partial charge in [-0.05, 0) is 0 Å². The first-order valence-electron chi connectivity index (χ1n) is 1.19. The zero-order valence-electron chi connectivity index (χ0n) is 3.11. The molecule has 0 aliphatic carbocycles. The molecule has 0 spiro atoms. The number of hydrogen-bond acceptors (Lipinski definition) is 3. The first-order valence-corrected chi connectivity index (χ1v) is 2.72. The van der Waals surface area contributed by atoms with Crippen molar-refractivity contribution in [2.75, 3.05) is 0 Å². The van der Waals surface area contributed by atoms with Gasteiger partial charge in [0, 0.05) is 0 Å². The zero-order valence-corrected chi connectivity index (χ0v) is 4.00. The second-order valence-corrected chi connectivity index (χ2v) is 1.84. The van der Waals surface area contributed by atoms with Gasteiger partial charge in [0.25, 0.3) is 6.26 Å². The average molecular weight is 131 g/mol. The van der Waals surface area contributed by atoms with E-state index in [1.54, 1.807) is 0 Å². The topological polar surface area (TPSA) is 90.5 Å². The van der Waals surface area contributed by atoms with Crippen molar-refractivity contribution < 1.29 is 18.9 Å². The van der Waals surface area contributed by atoms with Gasteiger partial charge in [0.15, 0.2) is 0 Å². The molecule has 0 saturated carbocycles. The summed E-state index contributed by atoms with van der Waals surface area (Å²) in [6.07, 6.45) is 0.845. The minimum atomic E-state index is -4.53. The molecule has 0 aliphatic heterocycles. The van der Waals surface area contributed by atoms with Crippen molar-refractivity contribution in [1.29, 1.82) is 5.26 Å². The standard InChI is InChI=1S/CH2NO4P.Li.H/c2-1-6-7(3,4)5;;/h(H2,3,4,5);;. The third kappa shape index (κ3) is 9.40. The summed E-state index contributed by atoms with van der Waals surface area (Å²) in [5, 5.41) is 7.44. The van der Waals surface area contributed by atoms with Gasteiger partial charge in [-0.2, -0.15) is 0 Å². The average Bonchev–Trinajstić information content (AvgIpc) is 1.30. The maximum absolute atomic E-state index is 9.48. The molecule has 0 aliphatic rings. The molecule has 0 radical (unpaired) electrons. The van der Waals surface area contributed by atoms with Gasteiger partial charge >= 0.3 is 26.7 Å². The predicted octanol–water partition coefficient (Wildman–Crippen LogP) is -1.07. The van der Waals surface area contributed by atoms with Gasteiger partial charge in [0.2, 0.25) is 0 Å². The van der Waals surface area contributed by atoms with Crippen LogP contribution in [0.3, 0.4) is 0 Å². The third-order valence-electron chi connectivity index (χ3n) is 0.160. The molecule has 8 heavy (non-hydrogen) atoms. The third-order valence-corrected chi connectivity index (χ3v) is 0.479. The Labute approximate surface area is 57.7 Å². The second kappa shape index (κ2) is 3.97. The van der Waals surface area contributed by atoms with E-state index < -0.39 is 7.82 Å². The Balaban J connectivity index is 0. The van der Waals surface area contributed by atoms with E-state index in [1.165, 1.54) is 0 Å². The molecule has 0 heterocycles. The van der Waals surface area contributed by atoms with E-state index in [0.717, 1.165) is 6.26 Å². The van der Waals surface area contributed by atoms with Crippen LogP contribution in [0, 0.1) is 11.5 Å². The summed E-state index contributed by atoms with van der Waals surface area (Å²) in [7, 11) is -4.53. The van der Waals surface area contributed by atoms with Crippen LogP contribution in [0.15, 0.2) is 0 Å². The first-order chi connectivity index (χ1) is 3.06. The van der Waals surface area contributed by atoms with Crippen molar-refractivity contribution >= 4 is 26.7 Å². The Morgan fingerprint density at radius 2 is 2.00 bits per heavy atom. The van der Waals surface area contributed by atoms with Crippen molar-refractivity contribution in [3.8, 4) is 6.26 Å². The van der Waals surface area contributed by atoms with Crippen LogP contribution in [-0.4, -0.2) is 28.6 Å². The van der Waals surface area contributed by atoms with Gasteiger partial charge in [-0.15, -0.1) is 5.26 Å². The summed E-state index contributed by atoms with van der Waals surface area (Å²) in [6, 6.07) is 0. The number of phosphoric ester groups is 1. The molecule has 0 aromatic heterocycles. The minimum absolute atomic E-state index is 0. The summed E-state index contributed by atoms with van der Waals surface area (Å²) in [5.41, 5.74) is 0. The van der Waals surface area contributed by atoms with Gasteiger partial charge in [-0.1, -0.05) is 0 Å². The molecular formula is CH3LiNO4P. The van der Waals surface area contributed by atoms with Crippen LogP contribution in [0.5, 0.6) is 0 Å². The van der Waals surface area contributed by atoms with Crippen LogP contribution < -0.4 is 0 Å². The normalized spacial score (nSPS) is 8.62. The van der Waals surface area contributed by atoms with Crippen molar-refractivity contribution in [3.63, 3.8) is 0 Å². The van der Waals surface area contributed by atoms with Gasteiger partial charge < -0.3 is 4.52 Å². The van der Waals surface area contributed by atoms with Crippen LogP contribution in [0.25, 0.3) is 0 Å². The number of phosphoric acid groups is 1. The van der Waals surface area contributed by atoms with E-state index in [2.05, 4.69) is 4.52 Å². The van der Waals surface area contributed by atoms with Gasteiger partial charge in [-0.25, -0.2) is 4.57 Å². The quantitative estimate of drug-likeness (QED) is 0.268. The molecule has 5 nitrogen and oxygen atoms in total. The van der Waals surface area contributed by atoms with E-state index in [9.17, 15) is 4.57 Å². The number of nitriles is 1. The van der Waals surface area contributed by atoms with Crippen molar-refractivity contribution in [2.24, 2.45) is 0 Å². The number of nitrogens with zero attached hydrogens (tertiary/aromatic N) is 1. The Morgan fingerprint density at radius 1 is 1.62 bits per heavy atom. The van der Waals surface area contributed by atoms with Crippen molar-refractivity contribution in [1.82, 2.24) is 0 Å². The molecule has 0 aromatic carbocycles. The fourth-order valence-electron chi connectivity index (χ4n) is 0.0532. The molecule has 0 bridgehead atoms. The molecular weight excluding hydrogens is 128 g/mol. The molecule has 0 amide bonds. The Bertz CT molecular complexity index is 133. The summed E-state index contributed by atoms with van der Waals surface area (Å²) in [4.78, 5) is 15.4. The summed E-state index contributed by atoms with van der Waals surface area (Å²) < 4.78 is 12.7. The van der Waals surface area contributed by atoms with E-state index >= 15 is 0 Å². The van der Waals surface area contributed by atoms with Gasteiger partial charge in [0.1, 0.15) is 0 Å². The van der Waals surface area contributed by atoms with Gasteiger partial charge in [-0.3, -0.25) is 9.79 Å².